The van der Waals surface area contributed by atoms with E-state index in [0.29, 0.717) is 5.88 Å². The molecule has 1 heterocycles. The van der Waals surface area contributed by atoms with Gasteiger partial charge in [-0.1, -0.05) is 69.9 Å². The molecule has 0 N–H and O–H groups in total. The second kappa shape index (κ2) is 6.07. The average Bonchev–Trinajstić information content (AvgIpc) is 2.56. The zero-order valence-electron chi connectivity index (χ0n) is 11.8. The Kier molecular flexibility index (Phi) is 3.98. The van der Waals surface area contributed by atoms with Crippen molar-refractivity contribution in [2.45, 2.75) is 0 Å². The molecule has 3 heteroatoms. The number of benzene rings is 2. The van der Waals surface area contributed by atoms with E-state index in [9.17, 15) is 0 Å². The maximum atomic E-state index is 5.37. The molecular formula is C18H16NOP. The van der Waals surface area contributed by atoms with E-state index in [2.05, 4.69) is 38.5 Å². The fourth-order valence-electron chi connectivity index (χ4n) is 2.42. The Morgan fingerprint density at radius 2 is 1.43 bits per heavy atom. The van der Waals surface area contributed by atoms with Gasteiger partial charge in [0.25, 0.3) is 0 Å². The summed E-state index contributed by atoms with van der Waals surface area (Å²) in [6.07, 6.45) is 1.88. The lowest BCUT2D eigenvalue weighted by atomic mass is 9.96. The van der Waals surface area contributed by atoms with Crippen LogP contribution in [0.3, 0.4) is 0 Å². The molecule has 0 aliphatic carbocycles. The first-order valence-corrected chi connectivity index (χ1v) is 7.32. The topological polar surface area (TPSA) is 22.1 Å². The molecule has 0 bridgehead atoms. The third kappa shape index (κ3) is 2.68. The fourth-order valence-corrected chi connectivity index (χ4v) is 2.94. The monoisotopic (exact) mass is 293 g/mol. The van der Waals surface area contributed by atoms with Gasteiger partial charge in [-0.15, -0.1) is 0 Å². The molecule has 1 aromatic heterocycles. The smallest absolute Gasteiger partial charge is 0.220 e. The van der Waals surface area contributed by atoms with Crippen molar-refractivity contribution in [3.05, 3.63) is 66.9 Å². The van der Waals surface area contributed by atoms with Crippen LogP contribution in [-0.2, 0) is 0 Å². The number of hydrogen-bond acceptors (Lipinski definition) is 2. The van der Waals surface area contributed by atoms with Crippen molar-refractivity contribution in [1.82, 2.24) is 4.98 Å². The van der Waals surface area contributed by atoms with Crippen molar-refractivity contribution >= 4 is 14.5 Å². The number of methoxy groups -OCH3 is 1. The van der Waals surface area contributed by atoms with Crippen LogP contribution in [0.1, 0.15) is 0 Å². The van der Waals surface area contributed by atoms with Gasteiger partial charge in [-0.25, -0.2) is 4.98 Å². The summed E-state index contributed by atoms with van der Waals surface area (Å²) in [6, 6.07) is 20.6. The highest BCUT2D eigenvalue weighted by molar-refractivity contribution is 7.28. The maximum Gasteiger partial charge on any atom is 0.220 e. The van der Waals surface area contributed by atoms with Crippen LogP contribution in [0.5, 0.6) is 5.88 Å². The summed E-state index contributed by atoms with van der Waals surface area (Å²) < 4.78 is 5.37. The second-order valence-electron chi connectivity index (χ2n) is 4.70. The molecular weight excluding hydrogens is 277 g/mol. The number of aromatic nitrogens is 1. The minimum Gasteiger partial charge on any atom is -0.481 e. The van der Waals surface area contributed by atoms with Crippen LogP contribution >= 0.6 is 9.24 Å². The summed E-state index contributed by atoms with van der Waals surface area (Å²) >= 11 is 0. The summed E-state index contributed by atoms with van der Waals surface area (Å²) in [4.78, 5) is 4.42. The Balaban J connectivity index is 2.28. The number of nitrogens with zero attached hydrogens (tertiary/aromatic N) is 1. The Bertz CT molecular complexity index is 742. The van der Waals surface area contributed by atoms with Gasteiger partial charge in [-0.2, -0.15) is 0 Å². The first-order valence-electron chi connectivity index (χ1n) is 6.74. The summed E-state index contributed by atoms with van der Waals surface area (Å²) in [6.45, 7) is 0. The lowest BCUT2D eigenvalue weighted by Gasteiger charge is -2.15. The van der Waals surface area contributed by atoms with Crippen molar-refractivity contribution < 1.29 is 4.74 Å². The van der Waals surface area contributed by atoms with Gasteiger partial charge in [-0.05, 0) is 11.1 Å². The van der Waals surface area contributed by atoms with Crippen LogP contribution in [0.4, 0.5) is 0 Å². The van der Waals surface area contributed by atoms with Crippen molar-refractivity contribution in [2.24, 2.45) is 0 Å². The summed E-state index contributed by atoms with van der Waals surface area (Å²) in [7, 11) is 4.41. The summed E-state index contributed by atoms with van der Waals surface area (Å²) in [5.41, 5.74) is 4.54. The molecule has 2 nitrogen and oxygen atoms in total. The molecule has 1 unspecified atom stereocenters. The van der Waals surface area contributed by atoms with Crippen LogP contribution in [0.25, 0.3) is 22.3 Å². The molecule has 0 amide bonds. The van der Waals surface area contributed by atoms with Crippen molar-refractivity contribution in [2.75, 3.05) is 7.11 Å². The molecule has 21 heavy (non-hydrogen) atoms. The van der Waals surface area contributed by atoms with Gasteiger partial charge in [-0.3, -0.25) is 0 Å². The van der Waals surface area contributed by atoms with Crippen molar-refractivity contribution in [1.29, 1.82) is 0 Å². The van der Waals surface area contributed by atoms with E-state index in [1.807, 2.05) is 42.6 Å². The highest BCUT2D eigenvalue weighted by Gasteiger charge is 2.14. The quantitative estimate of drug-likeness (QED) is 0.683. The Morgan fingerprint density at radius 3 is 2.00 bits per heavy atom. The third-order valence-electron chi connectivity index (χ3n) is 3.42. The van der Waals surface area contributed by atoms with Crippen LogP contribution in [0.2, 0.25) is 0 Å². The molecule has 2 aromatic carbocycles. The third-order valence-corrected chi connectivity index (χ3v) is 3.96. The standard InChI is InChI=1S/C18H16NOP/c1-20-18-17(21)16(14-10-6-3-7-11-14)15(12-19-18)13-8-4-2-5-9-13/h2-12H,21H2,1H3. The first-order chi connectivity index (χ1) is 10.3. The van der Waals surface area contributed by atoms with E-state index in [1.165, 1.54) is 0 Å². The largest absolute Gasteiger partial charge is 0.481 e. The predicted molar refractivity (Wildman–Crippen MR) is 91.0 cm³/mol. The van der Waals surface area contributed by atoms with E-state index in [1.54, 1.807) is 7.11 Å². The van der Waals surface area contributed by atoms with Crippen LogP contribution in [-0.4, -0.2) is 12.1 Å². The molecule has 0 aliphatic heterocycles. The molecule has 3 aromatic rings. The zero-order valence-corrected chi connectivity index (χ0v) is 12.9. The lowest BCUT2D eigenvalue weighted by molar-refractivity contribution is 0.402. The van der Waals surface area contributed by atoms with Gasteiger partial charge in [0.05, 0.1) is 7.11 Å². The average molecular weight is 293 g/mol. The summed E-state index contributed by atoms with van der Waals surface area (Å²) in [5, 5.41) is 0.977. The highest BCUT2D eigenvalue weighted by Crippen LogP contribution is 2.33. The van der Waals surface area contributed by atoms with Gasteiger partial charge in [0.2, 0.25) is 5.88 Å². The zero-order chi connectivity index (χ0) is 14.7. The second-order valence-corrected chi connectivity index (χ2v) is 5.28. The Hall–Kier alpha value is -2.18. The molecule has 0 spiro atoms. The van der Waals surface area contributed by atoms with E-state index in [-0.39, 0.29) is 0 Å². The molecule has 0 aliphatic rings. The maximum absolute atomic E-state index is 5.37. The van der Waals surface area contributed by atoms with Gasteiger partial charge in [0.15, 0.2) is 0 Å². The first kappa shape index (κ1) is 13.8. The van der Waals surface area contributed by atoms with E-state index < -0.39 is 0 Å². The molecule has 0 fully saturated rings. The normalized spacial score (nSPS) is 10.4. The van der Waals surface area contributed by atoms with Crippen molar-refractivity contribution in [3.8, 4) is 28.1 Å². The molecule has 0 radical (unpaired) electrons. The molecule has 0 saturated carbocycles. The van der Waals surface area contributed by atoms with Gasteiger partial charge >= 0.3 is 0 Å². The molecule has 104 valence electrons. The predicted octanol–water partition coefficient (Wildman–Crippen LogP) is 3.92. The number of ether oxygens (including phenoxy) is 1. The lowest BCUT2D eigenvalue weighted by Crippen LogP contribution is -2.07. The molecule has 3 rings (SSSR count). The SMILES string of the molecule is COc1ncc(-c2ccccc2)c(-c2ccccc2)c1P. The van der Waals surface area contributed by atoms with Crippen LogP contribution in [0.15, 0.2) is 66.9 Å². The number of hydrogen-bond donors (Lipinski definition) is 0. The van der Waals surface area contributed by atoms with Crippen LogP contribution in [0, 0.1) is 0 Å². The van der Waals surface area contributed by atoms with Gasteiger partial charge in [0.1, 0.15) is 0 Å². The summed E-state index contributed by atoms with van der Waals surface area (Å²) in [5.74, 6) is 0.638. The fraction of sp³-hybridized carbons (Fsp3) is 0.0556. The van der Waals surface area contributed by atoms with E-state index in [0.717, 1.165) is 27.6 Å². The van der Waals surface area contributed by atoms with E-state index in [4.69, 9.17) is 4.74 Å². The highest BCUT2D eigenvalue weighted by atomic mass is 31.0. The number of pyridine rings is 1. The van der Waals surface area contributed by atoms with Crippen LogP contribution < -0.4 is 10.0 Å². The Morgan fingerprint density at radius 1 is 0.857 bits per heavy atom. The minimum absolute atomic E-state index is 0.638. The molecule has 0 saturated heterocycles. The number of rotatable bonds is 3. The van der Waals surface area contributed by atoms with Crippen molar-refractivity contribution in [3.63, 3.8) is 0 Å². The minimum atomic E-state index is 0.638. The van der Waals surface area contributed by atoms with Gasteiger partial charge in [0, 0.05) is 22.6 Å². The Labute approximate surface area is 127 Å². The molecule has 1 atom stereocenters. The van der Waals surface area contributed by atoms with Gasteiger partial charge < -0.3 is 4.74 Å². The van der Waals surface area contributed by atoms with E-state index >= 15 is 0 Å².